The quantitative estimate of drug-likeness (QED) is 0.636. The molecule has 2 aromatic rings. The van der Waals surface area contributed by atoms with Crippen molar-refractivity contribution in [1.29, 1.82) is 0 Å². The first kappa shape index (κ1) is 15.5. The Balaban J connectivity index is 2.38. The molecule has 0 bridgehead atoms. The van der Waals surface area contributed by atoms with E-state index < -0.39 is 5.97 Å². The molecule has 1 heterocycles. The summed E-state index contributed by atoms with van der Waals surface area (Å²) in [5.74, 6) is -0.877. The van der Waals surface area contributed by atoms with Gasteiger partial charge in [-0.15, -0.1) is 0 Å². The summed E-state index contributed by atoms with van der Waals surface area (Å²) in [6, 6.07) is 7.20. The van der Waals surface area contributed by atoms with Crippen molar-refractivity contribution in [2.24, 2.45) is 7.05 Å². The van der Waals surface area contributed by atoms with Crippen molar-refractivity contribution in [1.82, 2.24) is 9.78 Å². The van der Waals surface area contributed by atoms with Gasteiger partial charge in [0, 0.05) is 10.6 Å². The zero-order valence-electron chi connectivity index (χ0n) is 11.8. The van der Waals surface area contributed by atoms with Crippen LogP contribution in [-0.2, 0) is 11.8 Å². The fourth-order valence-electron chi connectivity index (χ4n) is 1.82. The normalized spacial score (nSPS) is 10.3. The number of hydrogen-bond acceptors (Lipinski definition) is 4. The van der Waals surface area contributed by atoms with E-state index in [9.17, 15) is 9.59 Å². The Bertz CT molecular complexity index is 709. The van der Waals surface area contributed by atoms with Crippen LogP contribution < -0.4 is 5.32 Å². The van der Waals surface area contributed by atoms with Gasteiger partial charge in [-0.2, -0.15) is 5.10 Å². The molecule has 21 heavy (non-hydrogen) atoms. The lowest BCUT2D eigenvalue weighted by Gasteiger charge is -2.07. The number of halogens is 1. The molecular formula is C14H14IN3O3. The summed E-state index contributed by atoms with van der Waals surface area (Å²) in [6.45, 7) is 1.77. The number of ether oxygens (including phenoxy) is 1. The Morgan fingerprint density at radius 1 is 1.33 bits per heavy atom. The Morgan fingerprint density at radius 3 is 2.62 bits per heavy atom. The lowest BCUT2D eigenvalue weighted by Crippen LogP contribution is -2.16. The fourth-order valence-corrected chi connectivity index (χ4v) is 2.46. The van der Waals surface area contributed by atoms with Gasteiger partial charge in [0.1, 0.15) is 0 Å². The minimum absolute atomic E-state index is 0.0942. The minimum atomic E-state index is -0.586. The number of aromatic nitrogens is 2. The molecule has 7 heteroatoms. The molecule has 0 atom stereocenters. The number of carbonyl (C=O) groups excluding carboxylic acids is 2. The number of esters is 1. The lowest BCUT2D eigenvalue weighted by atomic mass is 10.2. The number of aryl methyl sites for hydroxylation is 1. The van der Waals surface area contributed by atoms with E-state index in [1.54, 1.807) is 26.1 Å². The van der Waals surface area contributed by atoms with Crippen LogP contribution in [0.25, 0.3) is 0 Å². The van der Waals surface area contributed by atoms with E-state index in [-0.39, 0.29) is 11.6 Å². The molecule has 0 saturated heterocycles. The molecule has 0 aliphatic carbocycles. The van der Waals surface area contributed by atoms with Crippen LogP contribution in [-0.4, -0.2) is 28.8 Å². The smallest absolute Gasteiger partial charge is 0.360 e. The van der Waals surface area contributed by atoms with Gasteiger partial charge in [-0.25, -0.2) is 4.79 Å². The standard InChI is InChI=1S/C14H14IN3O3/c1-8-11(12(14(20)21-3)17-18(8)2)16-13(19)9-6-4-5-7-10(9)15/h4-7H,1-3H3,(H,16,19). The predicted octanol–water partition coefficient (Wildman–Crippen LogP) is 2.37. The van der Waals surface area contributed by atoms with Crippen LogP contribution in [0.2, 0.25) is 0 Å². The van der Waals surface area contributed by atoms with Crippen molar-refractivity contribution >= 4 is 40.2 Å². The SMILES string of the molecule is COC(=O)c1nn(C)c(C)c1NC(=O)c1ccccc1I. The van der Waals surface area contributed by atoms with Crippen LogP contribution in [0.4, 0.5) is 5.69 Å². The van der Waals surface area contributed by atoms with Gasteiger partial charge < -0.3 is 10.1 Å². The molecule has 1 aromatic carbocycles. The molecule has 0 spiro atoms. The topological polar surface area (TPSA) is 73.2 Å². The van der Waals surface area contributed by atoms with Crippen LogP contribution >= 0.6 is 22.6 Å². The third kappa shape index (κ3) is 3.07. The predicted molar refractivity (Wildman–Crippen MR) is 86.4 cm³/mol. The second-order valence-electron chi connectivity index (χ2n) is 4.36. The fraction of sp³-hybridized carbons (Fsp3) is 0.214. The maximum Gasteiger partial charge on any atom is 0.360 e. The van der Waals surface area contributed by atoms with Gasteiger partial charge >= 0.3 is 5.97 Å². The van der Waals surface area contributed by atoms with Gasteiger partial charge in [-0.1, -0.05) is 12.1 Å². The first-order valence-corrected chi connectivity index (χ1v) is 7.21. The molecule has 6 nitrogen and oxygen atoms in total. The molecule has 0 unspecified atom stereocenters. The van der Waals surface area contributed by atoms with Crippen molar-refractivity contribution in [3.8, 4) is 0 Å². The summed E-state index contributed by atoms with van der Waals surface area (Å²) in [5, 5.41) is 6.82. The number of hydrogen-bond donors (Lipinski definition) is 1. The van der Waals surface area contributed by atoms with Crippen LogP contribution in [0.15, 0.2) is 24.3 Å². The molecule has 2 rings (SSSR count). The van der Waals surface area contributed by atoms with Crippen LogP contribution in [0, 0.1) is 10.5 Å². The van der Waals surface area contributed by atoms with E-state index in [1.165, 1.54) is 11.8 Å². The Kier molecular flexibility index (Phi) is 4.61. The monoisotopic (exact) mass is 399 g/mol. The highest BCUT2D eigenvalue weighted by molar-refractivity contribution is 14.1. The molecule has 0 fully saturated rings. The molecule has 1 N–H and O–H groups in total. The highest BCUT2D eigenvalue weighted by atomic mass is 127. The second-order valence-corrected chi connectivity index (χ2v) is 5.52. The number of nitrogens with one attached hydrogen (secondary N) is 1. The van der Waals surface area contributed by atoms with E-state index in [4.69, 9.17) is 0 Å². The van der Waals surface area contributed by atoms with Crippen molar-refractivity contribution in [2.75, 3.05) is 12.4 Å². The Labute approximate surface area is 135 Å². The van der Waals surface area contributed by atoms with E-state index in [2.05, 4.69) is 37.7 Å². The third-order valence-electron chi connectivity index (χ3n) is 3.07. The van der Waals surface area contributed by atoms with Gasteiger partial charge in [0.15, 0.2) is 5.69 Å². The zero-order valence-corrected chi connectivity index (χ0v) is 14.0. The maximum atomic E-state index is 12.4. The van der Waals surface area contributed by atoms with Crippen LogP contribution in [0.3, 0.4) is 0 Å². The Hall–Kier alpha value is -1.90. The van der Waals surface area contributed by atoms with Crippen molar-refractivity contribution in [3.05, 3.63) is 44.8 Å². The van der Waals surface area contributed by atoms with E-state index in [0.29, 0.717) is 16.9 Å². The van der Waals surface area contributed by atoms with Gasteiger partial charge in [0.25, 0.3) is 5.91 Å². The summed E-state index contributed by atoms with van der Waals surface area (Å²) >= 11 is 2.09. The molecule has 110 valence electrons. The van der Waals surface area contributed by atoms with Crippen molar-refractivity contribution in [3.63, 3.8) is 0 Å². The molecule has 1 aromatic heterocycles. The molecule has 0 saturated carbocycles. The molecule has 0 radical (unpaired) electrons. The number of nitrogens with zero attached hydrogens (tertiary/aromatic N) is 2. The van der Waals surface area contributed by atoms with Crippen LogP contribution in [0.5, 0.6) is 0 Å². The molecule has 0 aliphatic rings. The van der Waals surface area contributed by atoms with Crippen LogP contribution in [0.1, 0.15) is 26.5 Å². The summed E-state index contributed by atoms with van der Waals surface area (Å²) in [6.07, 6.45) is 0. The highest BCUT2D eigenvalue weighted by Crippen LogP contribution is 2.22. The maximum absolute atomic E-state index is 12.4. The van der Waals surface area contributed by atoms with Gasteiger partial charge in [-0.3, -0.25) is 9.48 Å². The van der Waals surface area contributed by atoms with Gasteiger partial charge in [0.05, 0.1) is 24.1 Å². The van der Waals surface area contributed by atoms with Crippen molar-refractivity contribution < 1.29 is 14.3 Å². The van der Waals surface area contributed by atoms with E-state index >= 15 is 0 Å². The zero-order chi connectivity index (χ0) is 15.6. The molecular weight excluding hydrogens is 385 g/mol. The molecule has 1 amide bonds. The summed E-state index contributed by atoms with van der Waals surface area (Å²) in [4.78, 5) is 24.1. The Morgan fingerprint density at radius 2 is 2.00 bits per heavy atom. The number of benzene rings is 1. The number of carbonyl (C=O) groups is 2. The second kappa shape index (κ2) is 6.25. The summed E-state index contributed by atoms with van der Waals surface area (Å²) < 4.78 is 7.04. The van der Waals surface area contributed by atoms with Gasteiger partial charge in [0.2, 0.25) is 0 Å². The van der Waals surface area contributed by atoms with Crippen molar-refractivity contribution in [2.45, 2.75) is 6.92 Å². The van der Waals surface area contributed by atoms with E-state index in [1.807, 2.05) is 12.1 Å². The number of rotatable bonds is 3. The lowest BCUT2D eigenvalue weighted by molar-refractivity contribution is 0.0594. The summed E-state index contributed by atoms with van der Waals surface area (Å²) in [7, 11) is 2.97. The third-order valence-corrected chi connectivity index (χ3v) is 4.01. The first-order valence-electron chi connectivity index (χ1n) is 6.13. The minimum Gasteiger partial charge on any atom is -0.464 e. The largest absolute Gasteiger partial charge is 0.464 e. The van der Waals surface area contributed by atoms with E-state index in [0.717, 1.165) is 3.57 Å². The first-order chi connectivity index (χ1) is 9.95. The number of amides is 1. The highest BCUT2D eigenvalue weighted by Gasteiger charge is 2.22. The average molecular weight is 399 g/mol. The molecule has 0 aliphatic heterocycles. The number of anilines is 1. The number of methoxy groups -OCH3 is 1. The average Bonchev–Trinajstić information content (AvgIpc) is 2.75. The van der Waals surface area contributed by atoms with Gasteiger partial charge in [-0.05, 0) is 41.6 Å². The summed E-state index contributed by atoms with van der Waals surface area (Å²) in [5.41, 5.74) is 1.68.